The predicted molar refractivity (Wildman–Crippen MR) is 116 cm³/mol. The Bertz CT molecular complexity index is 734. The number of rotatable bonds is 9. The van der Waals surface area contributed by atoms with Gasteiger partial charge in [0.25, 0.3) is 0 Å². The molecule has 2 saturated heterocycles. The lowest BCUT2D eigenvalue weighted by Gasteiger charge is -2.34. The van der Waals surface area contributed by atoms with Gasteiger partial charge in [-0.05, 0) is 31.6 Å². The SMILES string of the molecule is CCN1CCN(CCCNC(=O)C2CC(=O)N(c3ccc(OC)c(OC)c3)C2)CC1. The van der Waals surface area contributed by atoms with Crippen LogP contribution in [0.25, 0.3) is 0 Å². The first-order valence-corrected chi connectivity index (χ1v) is 10.8. The molecule has 0 saturated carbocycles. The molecule has 1 atom stereocenters. The van der Waals surface area contributed by atoms with Gasteiger partial charge in [-0.1, -0.05) is 6.92 Å². The number of nitrogens with zero attached hydrogens (tertiary/aromatic N) is 3. The van der Waals surface area contributed by atoms with Crippen LogP contribution in [0, 0.1) is 5.92 Å². The molecule has 1 unspecified atom stereocenters. The summed E-state index contributed by atoms with van der Waals surface area (Å²) in [5, 5.41) is 3.02. The Morgan fingerprint density at radius 2 is 1.80 bits per heavy atom. The number of methoxy groups -OCH3 is 2. The zero-order valence-electron chi connectivity index (χ0n) is 18.4. The summed E-state index contributed by atoms with van der Waals surface area (Å²) in [7, 11) is 3.14. The molecule has 0 aliphatic carbocycles. The number of benzene rings is 1. The van der Waals surface area contributed by atoms with E-state index in [2.05, 4.69) is 22.0 Å². The molecule has 3 rings (SSSR count). The van der Waals surface area contributed by atoms with Gasteiger partial charge in [-0.25, -0.2) is 0 Å². The molecule has 0 spiro atoms. The third-order valence-electron chi connectivity index (χ3n) is 6.04. The van der Waals surface area contributed by atoms with Gasteiger partial charge in [-0.2, -0.15) is 0 Å². The van der Waals surface area contributed by atoms with Crippen molar-refractivity contribution < 1.29 is 19.1 Å². The molecule has 2 amide bonds. The number of carbonyl (C=O) groups excluding carboxylic acids is 2. The normalized spacial score (nSPS) is 20.4. The van der Waals surface area contributed by atoms with Crippen molar-refractivity contribution in [2.45, 2.75) is 19.8 Å². The summed E-state index contributed by atoms with van der Waals surface area (Å²) < 4.78 is 10.6. The lowest BCUT2D eigenvalue weighted by Crippen LogP contribution is -2.46. The summed E-state index contributed by atoms with van der Waals surface area (Å²) in [5.74, 6) is 0.769. The van der Waals surface area contributed by atoms with Crippen LogP contribution >= 0.6 is 0 Å². The molecule has 2 heterocycles. The highest BCUT2D eigenvalue weighted by atomic mass is 16.5. The van der Waals surface area contributed by atoms with Crippen LogP contribution < -0.4 is 19.7 Å². The maximum Gasteiger partial charge on any atom is 0.227 e. The summed E-state index contributed by atoms with van der Waals surface area (Å²) in [6.07, 6.45) is 1.16. The maximum atomic E-state index is 12.6. The quantitative estimate of drug-likeness (QED) is 0.608. The fourth-order valence-electron chi connectivity index (χ4n) is 4.11. The molecule has 1 N–H and O–H groups in total. The summed E-state index contributed by atoms with van der Waals surface area (Å²) in [6.45, 7) is 9.79. The van der Waals surface area contributed by atoms with Gasteiger partial charge in [0.05, 0.1) is 20.1 Å². The standard InChI is InChI=1S/C22H34N4O4/c1-4-24-10-12-25(13-11-24)9-5-8-23-22(28)17-14-21(27)26(16-17)18-6-7-19(29-2)20(15-18)30-3/h6-7,15,17H,4-5,8-14,16H2,1-3H3,(H,23,28). The second-order valence-corrected chi connectivity index (χ2v) is 7.87. The Kier molecular flexibility index (Phi) is 7.93. The van der Waals surface area contributed by atoms with Gasteiger partial charge in [-0.3, -0.25) is 9.59 Å². The van der Waals surface area contributed by atoms with Crippen LogP contribution in [0.15, 0.2) is 18.2 Å². The molecule has 1 aromatic carbocycles. The highest BCUT2D eigenvalue weighted by molar-refractivity contribution is 6.00. The Balaban J connectivity index is 1.44. The predicted octanol–water partition coefficient (Wildman–Crippen LogP) is 1.20. The van der Waals surface area contributed by atoms with E-state index < -0.39 is 0 Å². The van der Waals surface area contributed by atoms with Crippen molar-refractivity contribution in [2.75, 3.05) is 71.5 Å². The van der Waals surface area contributed by atoms with Gasteiger partial charge in [0.15, 0.2) is 11.5 Å². The van der Waals surface area contributed by atoms with Crippen LogP contribution in [-0.4, -0.2) is 88.2 Å². The number of hydrogen-bond acceptors (Lipinski definition) is 6. The van der Waals surface area contributed by atoms with E-state index in [-0.39, 0.29) is 24.2 Å². The van der Waals surface area contributed by atoms with Crippen LogP contribution in [-0.2, 0) is 9.59 Å². The minimum absolute atomic E-state index is 0.0397. The van der Waals surface area contributed by atoms with Gasteiger partial charge in [0.2, 0.25) is 11.8 Å². The topological polar surface area (TPSA) is 74.4 Å². The summed E-state index contributed by atoms with van der Waals surface area (Å²) >= 11 is 0. The van der Waals surface area contributed by atoms with Crippen molar-refractivity contribution in [3.63, 3.8) is 0 Å². The van der Waals surface area contributed by atoms with Crippen molar-refractivity contribution >= 4 is 17.5 Å². The Morgan fingerprint density at radius 3 is 2.47 bits per heavy atom. The van der Waals surface area contributed by atoms with E-state index in [1.807, 2.05) is 6.07 Å². The van der Waals surface area contributed by atoms with Crippen molar-refractivity contribution in [3.05, 3.63) is 18.2 Å². The second kappa shape index (κ2) is 10.6. The molecular weight excluding hydrogens is 384 g/mol. The zero-order valence-corrected chi connectivity index (χ0v) is 18.4. The molecule has 2 aliphatic heterocycles. The van der Waals surface area contributed by atoms with Gasteiger partial charge in [-0.15, -0.1) is 0 Å². The van der Waals surface area contributed by atoms with E-state index in [4.69, 9.17) is 9.47 Å². The molecule has 30 heavy (non-hydrogen) atoms. The van der Waals surface area contributed by atoms with Crippen LogP contribution in [0.1, 0.15) is 19.8 Å². The third kappa shape index (κ3) is 5.43. The average Bonchev–Trinajstić information content (AvgIpc) is 3.18. The minimum Gasteiger partial charge on any atom is -0.493 e. The molecule has 8 nitrogen and oxygen atoms in total. The summed E-state index contributed by atoms with van der Waals surface area (Å²) in [6, 6.07) is 5.36. The number of amides is 2. The zero-order chi connectivity index (χ0) is 21.5. The van der Waals surface area contributed by atoms with Crippen LogP contribution in [0.5, 0.6) is 11.5 Å². The van der Waals surface area contributed by atoms with Crippen LogP contribution in [0.3, 0.4) is 0 Å². The van der Waals surface area contributed by atoms with E-state index in [1.165, 1.54) is 0 Å². The van der Waals surface area contributed by atoms with E-state index in [0.29, 0.717) is 24.6 Å². The average molecular weight is 419 g/mol. The number of piperazine rings is 1. The van der Waals surface area contributed by atoms with E-state index >= 15 is 0 Å². The number of carbonyl (C=O) groups is 2. The van der Waals surface area contributed by atoms with Gasteiger partial charge < -0.3 is 29.5 Å². The highest BCUT2D eigenvalue weighted by Crippen LogP contribution is 2.34. The van der Waals surface area contributed by atoms with E-state index in [9.17, 15) is 9.59 Å². The first-order chi connectivity index (χ1) is 14.5. The summed E-state index contributed by atoms with van der Waals surface area (Å²) in [4.78, 5) is 31.6. The fourth-order valence-corrected chi connectivity index (χ4v) is 4.11. The molecule has 166 valence electrons. The van der Waals surface area contributed by atoms with Crippen molar-refractivity contribution in [1.29, 1.82) is 0 Å². The number of likely N-dealkylation sites (N-methyl/N-ethyl adjacent to an activating group) is 1. The fraction of sp³-hybridized carbons (Fsp3) is 0.636. The molecule has 2 aliphatic rings. The second-order valence-electron chi connectivity index (χ2n) is 7.87. The number of hydrogen-bond donors (Lipinski definition) is 1. The van der Waals surface area contributed by atoms with E-state index in [1.54, 1.807) is 31.3 Å². The molecule has 2 fully saturated rings. The first kappa shape index (κ1) is 22.4. The highest BCUT2D eigenvalue weighted by Gasteiger charge is 2.35. The molecule has 0 radical (unpaired) electrons. The Labute approximate surface area is 179 Å². The van der Waals surface area contributed by atoms with Crippen molar-refractivity contribution in [3.8, 4) is 11.5 Å². The smallest absolute Gasteiger partial charge is 0.227 e. The Morgan fingerprint density at radius 1 is 1.10 bits per heavy atom. The molecule has 0 bridgehead atoms. The largest absolute Gasteiger partial charge is 0.493 e. The first-order valence-electron chi connectivity index (χ1n) is 10.8. The molecule has 1 aromatic rings. The number of ether oxygens (including phenoxy) is 2. The lowest BCUT2D eigenvalue weighted by molar-refractivity contribution is -0.126. The maximum absolute atomic E-state index is 12.6. The molecule has 0 aromatic heterocycles. The molecular formula is C22H34N4O4. The lowest BCUT2D eigenvalue weighted by atomic mass is 10.1. The van der Waals surface area contributed by atoms with Gasteiger partial charge in [0, 0.05) is 57.4 Å². The van der Waals surface area contributed by atoms with Crippen molar-refractivity contribution in [1.82, 2.24) is 15.1 Å². The van der Waals surface area contributed by atoms with Crippen molar-refractivity contribution in [2.24, 2.45) is 5.92 Å². The van der Waals surface area contributed by atoms with Crippen LogP contribution in [0.4, 0.5) is 5.69 Å². The monoisotopic (exact) mass is 418 g/mol. The summed E-state index contributed by atoms with van der Waals surface area (Å²) in [5.41, 5.74) is 0.721. The van der Waals surface area contributed by atoms with Crippen LogP contribution in [0.2, 0.25) is 0 Å². The number of nitrogens with one attached hydrogen (secondary N) is 1. The van der Waals surface area contributed by atoms with Gasteiger partial charge >= 0.3 is 0 Å². The van der Waals surface area contributed by atoms with E-state index in [0.717, 1.165) is 51.4 Å². The number of anilines is 1. The third-order valence-corrected chi connectivity index (χ3v) is 6.04. The van der Waals surface area contributed by atoms with Gasteiger partial charge in [0.1, 0.15) is 0 Å². The minimum atomic E-state index is -0.321. The Hall–Kier alpha value is -2.32. The molecule has 8 heteroatoms.